The van der Waals surface area contributed by atoms with Gasteiger partial charge in [0.25, 0.3) is 0 Å². The summed E-state index contributed by atoms with van der Waals surface area (Å²) in [5.74, 6) is 0.814. The van der Waals surface area contributed by atoms with E-state index in [4.69, 9.17) is 0 Å². The number of benzene rings is 2. The van der Waals surface area contributed by atoms with Crippen LogP contribution in [0.5, 0.6) is 0 Å². The first kappa shape index (κ1) is 19.6. The summed E-state index contributed by atoms with van der Waals surface area (Å²) in [5, 5.41) is 11.9. The predicted molar refractivity (Wildman–Crippen MR) is 120 cm³/mol. The number of aryl methyl sites for hydroxylation is 1. The number of halogens is 1. The number of carbonyl (C=O) groups is 1. The molecule has 0 aliphatic carbocycles. The zero-order valence-electron chi connectivity index (χ0n) is 16.3. The Morgan fingerprint density at radius 2 is 1.79 bits per heavy atom. The summed E-state index contributed by atoms with van der Waals surface area (Å²) in [6.07, 6.45) is 1.84. The van der Waals surface area contributed by atoms with Crippen molar-refractivity contribution in [3.63, 3.8) is 0 Å². The minimum Gasteiger partial charge on any atom is -0.354 e. The van der Waals surface area contributed by atoms with E-state index in [1.165, 1.54) is 5.56 Å². The minimum absolute atomic E-state index is 0.0567. The lowest BCUT2D eigenvalue weighted by Crippen LogP contribution is -2.41. The monoisotopic (exact) mass is 450 g/mol. The Labute approximate surface area is 179 Å². The Hall–Kier alpha value is -2.73. The van der Waals surface area contributed by atoms with E-state index in [1.54, 1.807) is 0 Å². The SMILES string of the molecule is Cc1ccc(-c2ccc(N3CCC[C@@H](C(=O)Nc4ccc(Br)cc4)C3)nn2)cc1. The number of rotatable bonds is 4. The number of piperidine rings is 1. The molecule has 1 atom stereocenters. The number of amides is 1. The highest BCUT2D eigenvalue weighted by Crippen LogP contribution is 2.25. The summed E-state index contributed by atoms with van der Waals surface area (Å²) in [7, 11) is 0. The van der Waals surface area contributed by atoms with Crippen molar-refractivity contribution in [2.24, 2.45) is 5.92 Å². The molecule has 5 nitrogen and oxygen atoms in total. The van der Waals surface area contributed by atoms with Gasteiger partial charge in [0.2, 0.25) is 5.91 Å². The molecule has 1 aliphatic rings. The highest BCUT2D eigenvalue weighted by molar-refractivity contribution is 9.10. The summed E-state index contributed by atoms with van der Waals surface area (Å²) >= 11 is 3.41. The third-order valence-electron chi connectivity index (χ3n) is 5.23. The van der Waals surface area contributed by atoms with Crippen LogP contribution in [0, 0.1) is 12.8 Å². The molecular formula is C23H23BrN4O. The van der Waals surface area contributed by atoms with Gasteiger partial charge in [-0.15, -0.1) is 10.2 Å². The second-order valence-corrected chi connectivity index (χ2v) is 8.34. The van der Waals surface area contributed by atoms with Crippen molar-refractivity contribution in [2.45, 2.75) is 19.8 Å². The topological polar surface area (TPSA) is 58.1 Å². The maximum Gasteiger partial charge on any atom is 0.229 e. The van der Waals surface area contributed by atoms with Gasteiger partial charge in [-0.3, -0.25) is 4.79 Å². The average Bonchev–Trinajstić information content (AvgIpc) is 2.76. The molecule has 4 rings (SSSR count). The Morgan fingerprint density at radius 1 is 1.03 bits per heavy atom. The maximum absolute atomic E-state index is 12.7. The van der Waals surface area contributed by atoms with Gasteiger partial charge in [-0.25, -0.2) is 0 Å². The number of hydrogen-bond donors (Lipinski definition) is 1. The summed E-state index contributed by atoms with van der Waals surface area (Å²) in [5.41, 5.74) is 3.95. The van der Waals surface area contributed by atoms with Gasteiger partial charge in [0.1, 0.15) is 0 Å². The Kier molecular flexibility index (Phi) is 5.90. The van der Waals surface area contributed by atoms with Crippen LogP contribution in [0.25, 0.3) is 11.3 Å². The molecule has 2 aromatic carbocycles. The van der Waals surface area contributed by atoms with Crippen LogP contribution in [0.1, 0.15) is 18.4 Å². The van der Waals surface area contributed by atoms with Crippen molar-refractivity contribution in [1.82, 2.24) is 10.2 Å². The summed E-state index contributed by atoms with van der Waals surface area (Å²) in [6, 6.07) is 19.9. The van der Waals surface area contributed by atoms with Gasteiger partial charge in [0.05, 0.1) is 11.6 Å². The van der Waals surface area contributed by atoms with E-state index in [1.807, 2.05) is 36.4 Å². The van der Waals surface area contributed by atoms with E-state index in [0.717, 1.165) is 46.6 Å². The van der Waals surface area contributed by atoms with Gasteiger partial charge in [-0.05, 0) is 56.2 Å². The van der Waals surface area contributed by atoms with E-state index in [2.05, 4.69) is 67.5 Å². The van der Waals surface area contributed by atoms with Crippen molar-refractivity contribution in [2.75, 3.05) is 23.3 Å². The molecule has 29 heavy (non-hydrogen) atoms. The molecule has 1 aromatic heterocycles. The van der Waals surface area contributed by atoms with Gasteiger partial charge in [-0.1, -0.05) is 45.8 Å². The Bertz CT molecular complexity index is 971. The van der Waals surface area contributed by atoms with Crippen LogP contribution in [0.2, 0.25) is 0 Å². The number of aromatic nitrogens is 2. The molecule has 1 N–H and O–H groups in total. The molecule has 0 radical (unpaired) electrons. The fourth-order valence-corrected chi connectivity index (χ4v) is 3.81. The predicted octanol–water partition coefficient (Wildman–Crippen LogP) is 5.07. The zero-order chi connectivity index (χ0) is 20.2. The molecule has 1 fully saturated rings. The van der Waals surface area contributed by atoms with Gasteiger partial charge < -0.3 is 10.2 Å². The van der Waals surface area contributed by atoms with Crippen LogP contribution in [-0.4, -0.2) is 29.2 Å². The molecule has 0 unspecified atom stereocenters. The third kappa shape index (κ3) is 4.82. The summed E-state index contributed by atoms with van der Waals surface area (Å²) < 4.78 is 0.993. The van der Waals surface area contributed by atoms with Crippen molar-refractivity contribution in [3.8, 4) is 11.3 Å². The van der Waals surface area contributed by atoms with Crippen molar-refractivity contribution >= 4 is 33.3 Å². The average molecular weight is 451 g/mol. The molecule has 1 amide bonds. The second kappa shape index (κ2) is 8.74. The molecule has 2 heterocycles. The Balaban J connectivity index is 1.41. The van der Waals surface area contributed by atoms with Crippen LogP contribution in [0.4, 0.5) is 11.5 Å². The van der Waals surface area contributed by atoms with Gasteiger partial charge in [-0.2, -0.15) is 0 Å². The van der Waals surface area contributed by atoms with E-state index in [0.29, 0.717) is 6.54 Å². The highest BCUT2D eigenvalue weighted by Gasteiger charge is 2.26. The molecular weight excluding hydrogens is 428 g/mol. The maximum atomic E-state index is 12.7. The van der Waals surface area contributed by atoms with Crippen LogP contribution < -0.4 is 10.2 Å². The van der Waals surface area contributed by atoms with Gasteiger partial charge >= 0.3 is 0 Å². The van der Waals surface area contributed by atoms with Crippen LogP contribution >= 0.6 is 15.9 Å². The first-order valence-electron chi connectivity index (χ1n) is 9.80. The normalized spacial score (nSPS) is 16.5. The first-order chi connectivity index (χ1) is 14.1. The Morgan fingerprint density at radius 3 is 2.48 bits per heavy atom. The molecule has 148 valence electrons. The molecule has 3 aromatic rings. The minimum atomic E-state index is -0.0639. The largest absolute Gasteiger partial charge is 0.354 e. The quantitative estimate of drug-likeness (QED) is 0.602. The number of anilines is 2. The highest BCUT2D eigenvalue weighted by atomic mass is 79.9. The summed E-state index contributed by atoms with van der Waals surface area (Å²) in [6.45, 7) is 3.61. The van der Waals surface area contributed by atoms with E-state index >= 15 is 0 Å². The van der Waals surface area contributed by atoms with Crippen LogP contribution in [-0.2, 0) is 4.79 Å². The molecule has 0 bridgehead atoms. The van der Waals surface area contributed by atoms with E-state index in [-0.39, 0.29) is 11.8 Å². The first-order valence-corrected chi connectivity index (χ1v) is 10.6. The fraction of sp³-hybridized carbons (Fsp3) is 0.261. The molecule has 1 saturated heterocycles. The number of nitrogens with one attached hydrogen (secondary N) is 1. The standard InChI is InChI=1S/C23H23BrN4O/c1-16-4-6-17(7-5-16)21-12-13-22(27-26-21)28-14-2-3-18(15-28)23(29)25-20-10-8-19(24)9-11-20/h4-13,18H,2-3,14-15H2,1H3,(H,25,29)/t18-/m1/s1. The molecule has 0 saturated carbocycles. The van der Waals surface area contributed by atoms with Crippen LogP contribution in [0.15, 0.2) is 65.1 Å². The third-order valence-corrected chi connectivity index (χ3v) is 5.75. The fourth-order valence-electron chi connectivity index (χ4n) is 3.55. The zero-order valence-corrected chi connectivity index (χ0v) is 17.9. The summed E-state index contributed by atoms with van der Waals surface area (Å²) in [4.78, 5) is 14.9. The van der Waals surface area contributed by atoms with Crippen molar-refractivity contribution in [1.29, 1.82) is 0 Å². The lowest BCUT2D eigenvalue weighted by atomic mass is 9.97. The van der Waals surface area contributed by atoms with Crippen molar-refractivity contribution < 1.29 is 4.79 Å². The number of nitrogens with zero attached hydrogens (tertiary/aromatic N) is 3. The smallest absolute Gasteiger partial charge is 0.229 e. The van der Waals surface area contributed by atoms with Gasteiger partial charge in [0, 0.05) is 28.8 Å². The lowest BCUT2D eigenvalue weighted by molar-refractivity contribution is -0.120. The van der Waals surface area contributed by atoms with E-state index < -0.39 is 0 Å². The second-order valence-electron chi connectivity index (χ2n) is 7.42. The number of carbonyl (C=O) groups excluding carboxylic acids is 1. The van der Waals surface area contributed by atoms with Gasteiger partial charge in [0.15, 0.2) is 5.82 Å². The molecule has 1 aliphatic heterocycles. The van der Waals surface area contributed by atoms with Crippen LogP contribution in [0.3, 0.4) is 0 Å². The molecule has 0 spiro atoms. The number of hydrogen-bond acceptors (Lipinski definition) is 4. The lowest BCUT2D eigenvalue weighted by Gasteiger charge is -2.32. The van der Waals surface area contributed by atoms with E-state index in [9.17, 15) is 4.79 Å². The molecule has 6 heteroatoms. The van der Waals surface area contributed by atoms with Crippen molar-refractivity contribution in [3.05, 3.63) is 70.7 Å².